The van der Waals surface area contributed by atoms with E-state index >= 15 is 0 Å². The molecular formula is C6H11O4S-. The highest BCUT2D eigenvalue weighted by Gasteiger charge is 2.01. The average Bonchev–Trinajstić information content (AvgIpc) is 1.97. The molecule has 0 aliphatic carbocycles. The Bertz CT molecular complexity index is 137. The molecule has 2 unspecified atom stereocenters. The first-order valence-corrected chi connectivity index (χ1v) is 4.18. The largest absolute Gasteiger partial charge is 0.750 e. The van der Waals surface area contributed by atoms with Crippen LogP contribution in [0.25, 0.3) is 0 Å². The Hall–Kier alpha value is -0.230. The van der Waals surface area contributed by atoms with Gasteiger partial charge >= 0.3 is 0 Å². The van der Waals surface area contributed by atoms with E-state index in [2.05, 4.69) is 10.8 Å². The Morgan fingerprint density at radius 3 is 2.91 bits per heavy atom. The highest BCUT2D eigenvalue weighted by molar-refractivity contribution is 7.74. The summed E-state index contributed by atoms with van der Waals surface area (Å²) in [6, 6.07) is 0. The lowest BCUT2D eigenvalue weighted by molar-refractivity contribution is 0.102. The highest BCUT2D eigenvalue weighted by Crippen LogP contribution is 1.98. The molecule has 0 amide bonds. The summed E-state index contributed by atoms with van der Waals surface area (Å²) >= 11 is -2.53. The summed E-state index contributed by atoms with van der Waals surface area (Å²) in [5, 5.41) is 8.98. The van der Waals surface area contributed by atoms with Crippen molar-refractivity contribution in [2.45, 2.75) is 18.9 Å². The van der Waals surface area contributed by atoms with Gasteiger partial charge < -0.3 is 9.66 Å². The van der Waals surface area contributed by atoms with Crippen LogP contribution in [0, 0.1) is 0 Å². The molecule has 0 heterocycles. The van der Waals surface area contributed by atoms with Gasteiger partial charge in [-0.2, -0.15) is 0 Å². The maximum Gasteiger partial charge on any atom is 0.0888 e. The molecule has 0 aromatic carbocycles. The maximum atomic E-state index is 9.82. The molecule has 0 bridgehead atoms. The molecule has 0 saturated heterocycles. The number of hydrogen-bond acceptors (Lipinski definition) is 4. The van der Waals surface area contributed by atoms with Crippen molar-refractivity contribution in [1.29, 1.82) is 0 Å². The smallest absolute Gasteiger partial charge is 0.0888 e. The molecule has 5 heteroatoms. The van der Waals surface area contributed by atoms with Crippen LogP contribution in [0.5, 0.6) is 0 Å². The molecule has 0 aliphatic heterocycles. The van der Waals surface area contributed by atoms with Crippen LogP contribution in [-0.4, -0.2) is 26.6 Å². The van der Waals surface area contributed by atoms with E-state index in [1.807, 2.05) is 0 Å². The first-order chi connectivity index (χ1) is 5.16. The van der Waals surface area contributed by atoms with Crippen molar-refractivity contribution in [2.24, 2.45) is 0 Å². The molecular weight excluding hydrogens is 168 g/mol. The topological polar surface area (TPSA) is 69.6 Å². The van der Waals surface area contributed by atoms with E-state index in [4.69, 9.17) is 5.11 Å². The molecule has 0 aliphatic rings. The fraction of sp³-hybridized carbons (Fsp3) is 0.667. The van der Waals surface area contributed by atoms with E-state index in [-0.39, 0.29) is 6.61 Å². The molecule has 2 atom stereocenters. The van der Waals surface area contributed by atoms with Crippen molar-refractivity contribution in [1.82, 2.24) is 0 Å². The Labute approximate surface area is 68.4 Å². The van der Waals surface area contributed by atoms with Gasteiger partial charge in [-0.15, -0.1) is 6.58 Å². The lowest BCUT2D eigenvalue weighted by Crippen LogP contribution is -2.15. The fourth-order valence-corrected chi connectivity index (χ4v) is 0.796. The summed E-state index contributed by atoms with van der Waals surface area (Å²) in [4.78, 5) is 0. The highest BCUT2D eigenvalue weighted by atomic mass is 32.2. The van der Waals surface area contributed by atoms with E-state index in [1.54, 1.807) is 6.08 Å². The first-order valence-electron chi connectivity index (χ1n) is 3.18. The minimum atomic E-state index is -2.53. The van der Waals surface area contributed by atoms with E-state index < -0.39 is 17.5 Å². The lowest BCUT2D eigenvalue weighted by atomic mass is 10.2. The van der Waals surface area contributed by atoms with Crippen molar-refractivity contribution in [3.8, 4) is 0 Å². The minimum Gasteiger partial charge on any atom is -0.750 e. The summed E-state index contributed by atoms with van der Waals surface area (Å²) in [5.41, 5.74) is 0. The summed E-state index contributed by atoms with van der Waals surface area (Å²) in [5.74, 6) is 0. The standard InChI is InChI=1S/C6H12O4S/c1-2-3-4-6(7)5-10-11(8)9/h2,6-7H,1,3-5H2,(H,8,9)/p-1. The van der Waals surface area contributed by atoms with Crippen molar-refractivity contribution in [3.63, 3.8) is 0 Å². The number of aliphatic hydroxyl groups is 1. The second-order valence-corrected chi connectivity index (χ2v) is 2.65. The SMILES string of the molecule is C=CCCC(O)COS(=O)[O-]. The van der Waals surface area contributed by atoms with Gasteiger partial charge in [0.15, 0.2) is 0 Å². The van der Waals surface area contributed by atoms with Crippen LogP contribution < -0.4 is 0 Å². The van der Waals surface area contributed by atoms with Crippen LogP contribution >= 0.6 is 0 Å². The van der Waals surface area contributed by atoms with Gasteiger partial charge in [0.2, 0.25) is 0 Å². The zero-order chi connectivity index (χ0) is 8.69. The quantitative estimate of drug-likeness (QED) is 0.464. The maximum absolute atomic E-state index is 9.82. The molecule has 0 spiro atoms. The van der Waals surface area contributed by atoms with E-state index in [1.165, 1.54) is 0 Å². The van der Waals surface area contributed by atoms with E-state index in [0.29, 0.717) is 12.8 Å². The molecule has 1 N–H and O–H groups in total. The van der Waals surface area contributed by atoms with Crippen LogP contribution in [0.4, 0.5) is 0 Å². The zero-order valence-corrected chi connectivity index (χ0v) is 6.88. The third kappa shape index (κ3) is 7.67. The van der Waals surface area contributed by atoms with Gasteiger partial charge in [-0.3, -0.25) is 4.18 Å². The van der Waals surface area contributed by atoms with Gasteiger partial charge in [-0.25, -0.2) is 4.21 Å². The zero-order valence-electron chi connectivity index (χ0n) is 6.06. The fourth-order valence-electron chi connectivity index (χ4n) is 0.528. The van der Waals surface area contributed by atoms with Crippen molar-refractivity contribution in [2.75, 3.05) is 6.61 Å². The third-order valence-corrected chi connectivity index (χ3v) is 1.39. The van der Waals surface area contributed by atoms with Gasteiger partial charge in [-0.05, 0) is 12.8 Å². The number of rotatable bonds is 6. The Morgan fingerprint density at radius 1 is 1.82 bits per heavy atom. The molecule has 0 radical (unpaired) electrons. The Balaban J connectivity index is 3.28. The van der Waals surface area contributed by atoms with Crippen molar-refractivity contribution in [3.05, 3.63) is 12.7 Å². The summed E-state index contributed by atoms with van der Waals surface area (Å²) in [6.45, 7) is 3.28. The number of hydrogen-bond donors (Lipinski definition) is 1. The Kier molecular flexibility index (Phi) is 6.34. The molecule has 66 valence electrons. The molecule has 0 fully saturated rings. The predicted molar refractivity (Wildman–Crippen MR) is 40.3 cm³/mol. The van der Waals surface area contributed by atoms with Gasteiger partial charge in [0, 0.05) is 0 Å². The van der Waals surface area contributed by atoms with Gasteiger partial charge in [0.1, 0.15) is 0 Å². The molecule has 0 aromatic rings. The Morgan fingerprint density at radius 2 is 2.45 bits per heavy atom. The average molecular weight is 179 g/mol. The van der Waals surface area contributed by atoms with E-state index in [0.717, 1.165) is 0 Å². The monoisotopic (exact) mass is 179 g/mol. The van der Waals surface area contributed by atoms with Crippen LogP contribution in [0.2, 0.25) is 0 Å². The van der Waals surface area contributed by atoms with Crippen molar-refractivity contribution < 1.29 is 18.1 Å². The van der Waals surface area contributed by atoms with Crippen LogP contribution in [0.3, 0.4) is 0 Å². The summed E-state index contributed by atoms with van der Waals surface area (Å²) in [6.07, 6.45) is 2.04. The van der Waals surface area contributed by atoms with Gasteiger partial charge in [-0.1, -0.05) is 6.08 Å². The normalized spacial score (nSPS) is 15.8. The summed E-state index contributed by atoms with van der Waals surface area (Å²) < 4.78 is 23.8. The molecule has 4 nitrogen and oxygen atoms in total. The molecule has 0 rings (SSSR count). The minimum absolute atomic E-state index is 0.177. The number of aliphatic hydroxyl groups excluding tert-OH is 1. The van der Waals surface area contributed by atoms with E-state index in [9.17, 15) is 8.76 Å². The number of allylic oxidation sites excluding steroid dienone is 1. The van der Waals surface area contributed by atoms with Gasteiger partial charge in [0.25, 0.3) is 0 Å². The van der Waals surface area contributed by atoms with Crippen LogP contribution in [0.1, 0.15) is 12.8 Å². The van der Waals surface area contributed by atoms with Crippen LogP contribution in [-0.2, 0) is 15.5 Å². The predicted octanol–water partition coefficient (Wildman–Crippen LogP) is 0.124. The first kappa shape index (κ1) is 10.8. The second-order valence-electron chi connectivity index (χ2n) is 2.01. The lowest BCUT2D eigenvalue weighted by Gasteiger charge is -2.10. The van der Waals surface area contributed by atoms with Gasteiger partial charge in [0.05, 0.1) is 24.1 Å². The van der Waals surface area contributed by atoms with Crippen LogP contribution in [0.15, 0.2) is 12.7 Å². The second kappa shape index (κ2) is 6.48. The third-order valence-electron chi connectivity index (χ3n) is 1.06. The molecule has 0 aromatic heterocycles. The van der Waals surface area contributed by atoms with Crippen molar-refractivity contribution >= 4 is 11.4 Å². The molecule has 0 saturated carbocycles. The molecule has 11 heavy (non-hydrogen) atoms. The summed E-state index contributed by atoms with van der Waals surface area (Å²) in [7, 11) is 0.